The number of aliphatic imine (C=N–C) groups is 1. The maximum atomic E-state index is 13.7. The van der Waals surface area contributed by atoms with Gasteiger partial charge < -0.3 is 26.0 Å². The smallest absolute Gasteiger partial charge is 0.254 e. The number of nitrogens with one attached hydrogen (secondary N) is 1. The number of hydrogen-bond donors (Lipinski definition) is 3. The summed E-state index contributed by atoms with van der Waals surface area (Å²) in [5.41, 5.74) is 10.2. The maximum Gasteiger partial charge on any atom is 0.254 e. The molecule has 1 aromatic heterocycles. The van der Waals surface area contributed by atoms with Crippen LogP contribution in [0.5, 0.6) is 0 Å². The van der Waals surface area contributed by atoms with Gasteiger partial charge in [0.25, 0.3) is 11.8 Å². The summed E-state index contributed by atoms with van der Waals surface area (Å²) in [6, 6.07) is 7.41. The number of imide groups is 1. The van der Waals surface area contributed by atoms with Gasteiger partial charge in [-0.3, -0.25) is 33.9 Å². The highest BCUT2D eigenvalue weighted by atomic mass is 16.3. The van der Waals surface area contributed by atoms with Crippen molar-refractivity contribution in [2.45, 2.75) is 51.0 Å². The molecule has 0 radical (unpaired) electrons. The predicted octanol–water partition coefficient (Wildman–Crippen LogP) is 1.57. The standard InChI is InChI=1S/C34H37N7O6/c1-2-10-39(12-13-42)32(46)22-14-21-3-4-24(17-27(21)38-28(35)16-22)34(8-9-34)33(47)37-25-15-23-19-40(11-7-26(23)36-18-25)31(45)20-41-29(43)5-6-30(41)44/h3-6,14-15,17-18,42H,2,7-13,16,19-20H2,1H3,(H2,35,38)(H,37,47). The van der Waals surface area contributed by atoms with Crippen LogP contribution in [-0.2, 0) is 42.4 Å². The van der Waals surface area contributed by atoms with Gasteiger partial charge in [0.2, 0.25) is 17.7 Å². The zero-order chi connectivity index (χ0) is 33.3. The van der Waals surface area contributed by atoms with Crippen molar-refractivity contribution in [3.8, 4) is 0 Å². The Morgan fingerprint density at radius 1 is 1.11 bits per heavy atom. The molecule has 0 unspecified atom stereocenters. The van der Waals surface area contributed by atoms with Gasteiger partial charge in [0.15, 0.2) is 0 Å². The maximum absolute atomic E-state index is 13.7. The Morgan fingerprint density at radius 3 is 2.57 bits per heavy atom. The van der Waals surface area contributed by atoms with Gasteiger partial charge in [0, 0.05) is 68.0 Å². The first-order valence-electron chi connectivity index (χ1n) is 15.8. The molecule has 0 spiro atoms. The molecule has 0 bridgehead atoms. The highest BCUT2D eigenvalue weighted by Gasteiger charge is 2.51. The average molecular weight is 640 g/mol. The molecular formula is C34H37N7O6. The van der Waals surface area contributed by atoms with Crippen LogP contribution < -0.4 is 11.1 Å². The molecule has 13 nitrogen and oxygen atoms in total. The molecular weight excluding hydrogens is 602 g/mol. The summed E-state index contributed by atoms with van der Waals surface area (Å²) in [5.74, 6) is -1.43. The van der Waals surface area contributed by atoms with Crippen LogP contribution in [0.25, 0.3) is 6.08 Å². The van der Waals surface area contributed by atoms with Crippen molar-refractivity contribution in [1.82, 2.24) is 19.7 Å². The molecule has 1 saturated carbocycles. The Bertz CT molecular complexity index is 1730. The SMILES string of the molecule is CCCN(CCO)C(=O)C1=Cc2ccc(C3(C(=O)Nc4cnc5c(c4)CN(C(=O)CN4C(=O)C=CC4=O)CC5)CC3)cc2N=C(N)C1. The number of rotatable bonds is 10. The summed E-state index contributed by atoms with van der Waals surface area (Å²) in [7, 11) is 0. The second-order valence-corrected chi connectivity index (χ2v) is 12.3. The quantitative estimate of drug-likeness (QED) is 0.328. The van der Waals surface area contributed by atoms with Gasteiger partial charge in [0.05, 0.1) is 29.6 Å². The van der Waals surface area contributed by atoms with Crippen molar-refractivity contribution in [1.29, 1.82) is 0 Å². The Morgan fingerprint density at radius 2 is 1.87 bits per heavy atom. The van der Waals surface area contributed by atoms with Crippen molar-refractivity contribution < 1.29 is 29.1 Å². The minimum atomic E-state index is -0.756. The third-order valence-corrected chi connectivity index (χ3v) is 9.00. The number of nitrogens with zero attached hydrogens (tertiary/aromatic N) is 5. The van der Waals surface area contributed by atoms with Crippen LogP contribution >= 0.6 is 0 Å². The van der Waals surface area contributed by atoms with Gasteiger partial charge in [0.1, 0.15) is 12.4 Å². The van der Waals surface area contributed by atoms with Gasteiger partial charge in [-0.1, -0.05) is 19.1 Å². The van der Waals surface area contributed by atoms with Gasteiger partial charge in [-0.15, -0.1) is 0 Å². The summed E-state index contributed by atoms with van der Waals surface area (Å²) in [5, 5.41) is 12.4. The molecule has 6 rings (SSSR count). The molecule has 0 atom stereocenters. The van der Waals surface area contributed by atoms with Crippen LogP contribution in [-0.4, -0.2) is 92.9 Å². The molecule has 244 valence electrons. The van der Waals surface area contributed by atoms with Crippen LogP contribution in [0, 0.1) is 0 Å². The van der Waals surface area contributed by atoms with E-state index in [1.807, 2.05) is 31.2 Å². The van der Waals surface area contributed by atoms with Crippen molar-refractivity contribution in [3.63, 3.8) is 0 Å². The molecule has 1 aromatic carbocycles. The largest absolute Gasteiger partial charge is 0.395 e. The van der Waals surface area contributed by atoms with Gasteiger partial charge in [-0.25, -0.2) is 4.99 Å². The normalized spacial score (nSPS) is 17.7. The first-order chi connectivity index (χ1) is 22.6. The fourth-order valence-electron chi connectivity index (χ4n) is 6.29. The van der Waals surface area contributed by atoms with E-state index in [9.17, 15) is 29.1 Å². The first-order valence-corrected chi connectivity index (χ1v) is 15.8. The van der Waals surface area contributed by atoms with Gasteiger partial charge in [-0.2, -0.15) is 0 Å². The molecule has 47 heavy (non-hydrogen) atoms. The lowest BCUT2D eigenvalue weighted by Crippen LogP contribution is -2.44. The minimum Gasteiger partial charge on any atom is -0.395 e. The summed E-state index contributed by atoms with van der Waals surface area (Å²) >= 11 is 0. The Kier molecular flexibility index (Phi) is 8.74. The third-order valence-electron chi connectivity index (χ3n) is 9.00. The number of anilines is 1. The van der Waals surface area contributed by atoms with E-state index in [1.165, 1.54) is 0 Å². The molecule has 0 saturated heterocycles. The number of carbonyl (C=O) groups is 5. The molecule has 1 fully saturated rings. The van der Waals surface area contributed by atoms with E-state index in [1.54, 1.807) is 22.1 Å². The van der Waals surface area contributed by atoms with Crippen LogP contribution in [0.1, 0.15) is 55.0 Å². The number of aromatic nitrogens is 1. The molecule has 13 heteroatoms. The van der Waals surface area contributed by atoms with Crippen molar-refractivity contribution in [2.24, 2.45) is 10.7 Å². The average Bonchev–Trinajstić information content (AvgIpc) is 3.84. The van der Waals surface area contributed by atoms with E-state index in [-0.39, 0.29) is 56.2 Å². The number of nitrogens with two attached hydrogens (primary N) is 1. The zero-order valence-corrected chi connectivity index (χ0v) is 26.2. The number of fused-ring (bicyclic) bond motifs is 2. The topological polar surface area (TPSA) is 179 Å². The number of hydrogen-bond acceptors (Lipinski definition) is 9. The number of amidine groups is 1. The molecule has 5 amide bonds. The number of amides is 5. The summed E-state index contributed by atoms with van der Waals surface area (Å²) in [6.07, 6.45) is 8.45. The minimum absolute atomic E-state index is 0.129. The van der Waals surface area contributed by atoms with E-state index in [2.05, 4.69) is 15.3 Å². The molecule has 2 aromatic rings. The van der Waals surface area contributed by atoms with Crippen LogP contribution in [0.2, 0.25) is 0 Å². The van der Waals surface area contributed by atoms with E-state index < -0.39 is 17.2 Å². The molecule has 4 N–H and O–H groups in total. The number of carbonyl (C=O) groups excluding carboxylic acids is 5. The monoisotopic (exact) mass is 639 g/mol. The molecule has 3 aliphatic heterocycles. The second kappa shape index (κ2) is 12.9. The molecule has 4 heterocycles. The first kappa shape index (κ1) is 31.8. The Labute approximate surface area is 271 Å². The summed E-state index contributed by atoms with van der Waals surface area (Å²) in [4.78, 5) is 76.9. The van der Waals surface area contributed by atoms with Crippen LogP contribution in [0.15, 0.2) is 53.2 Å². The number of aliphatic hydroxyl groups is 1. The zero-order valence-electron chi connectivity index (χ0n) is 26.2. The summed E-state index contributed by atoms with van der Waals surface area (Å²) < 4.78 is 0. The number of benzene rings is 1. The number of pyridine rings is 1. The van der Waals surface area contributed by atoms with E-state index >= 15 is 0 Å². The third kappa shape index (κ3) is 6.43. The van der Waals surface area contributed by atoms with Gasteiger partial charge in [-0.05, 0) is 48.6 Å². The van der Waals surface area contributed by atoms with Crippen LogP contribution in [0.4, 0.5) is 11.4 Å². The number of aliphatic hydroxyl groups excluding tert-OH is 1. The lowest BCUT2D eigenvalue weighted by atomic mass is 9.92. The van der Waals surface area contributed by atoms with Crippen molar-refractivity contribution >= 4 is 52.8 Å². The molecule has 1 aliphatic carbocycles. The van der Waals surface area contributed by atoms with Crippen molar-refractivity contribution in [3.05, 3.63) is 70.6 Å². The fourth-order valence-corrected chi connectivity index (χ4v) is 6.29. The van der Waals surface area contributed by atoms with Crippen LogP contribution in [0.3, 0.4) is 0 Å². The lowest BCUT2D eigenvalue weighted by Gasteiger charge is -2.29. The Hall–Kier alpha value is -5.17. The van der Waals surface area contributed by atoms with E-state index in [0.29, 0.717) is 49.3 Å². The lowest BCUT2D eigenvalue weighted by molar-refractivity contribution is -0.144. The highest BCUT2D eigenvalue weighted by molar-refractivity contribution is 6.14. The van der Waals surface area contributed by atoms with E-state index in [0.717, 1.165) is 45.9 Å². The highest BCUT2D eigenvalue weighted by Crippen LogP contribution is 2.50. The molecule has 4 aliphatic rings. The predicted molar refractivity (Wildman–Crippen MR) is 173 cm³/mol. The second-order valence-electron chi connectivity index (χ2n) is 12.3. The van der Waals surface area contributed by atoms with E-state index in [4.69, 9.17) is 5.73 Å². The van der Waals surface area contributed by atoms with Gasteiger partial charge >= 0.3 is 0 Å². The fraction of sp³-hybridized carbons (Fsp3) is 0.382. The van der Waals surface area contributed by atoms with Crippen molar-refractivity contribution in [2.75, 3.05) is 38.1 Å². The Balaban J connectivity index is 1.16. The summed E-state index contributed by atoms with van der Waals surface area (Å²) in [6.45, 7) is 2.94.